The van der Waals surface area contributed by atoms with E-state index in [0.717, 1.165) is 25.1 Å². The second-order valence-electron chi connectivity index (χ2n) is 5.00. The summed E-state index contributed by atoms with van der Waals surface area (Å²) >= 11 is 0. The van der Waals surface area contributed by atoms with Crippen molar-refractivity contribution in [1.29, 1.82) is 0 Å². The lowest BCUT2D eigenvalue weighted by Crippen LogP contribution is -2.18. The largest absolute Gasteiger partial charge is 0.341 e. The SMILES string of the molecule is Cc1nc(Cn2c(C)cc3c2CCCC3N)no1. The quantitative estimate of drug-likeness (QED) is 0.878. The zero-order valence-corrected chi connectivity index (χ0v) is 10.8. The highest BCUT2D eigenvalue weighted by Crippen LogP contribution is 2.30. The van der Waals surface area contributed by atoms with Crippen LogP contribution in [0.15, 0.2) is 10.6 Å². The highest BCUT2D eigenvalue weighted by atomic mass is 16.5. The second kappa shape index (κ2) is 4.24. The van der Waals surface area contributed by atoms with E-state index in [1.54, 1.807) is 0 Å². The van der Waals surface area contributed by atoms with Gasteiger partial charge in [0.15, 0.2) is 5.82 Å². The Balaban J connectivity index is 1.97. The number of rotatable bonds is 2. The highest BCUT2D eigenvalue weighted by Gasteiger charge is 2.22. The van der Waals surface area contributed by atoms with Crippen molar-refractivity contribution in [2.75, 3.05) is 0 Å². The van der Waals surface area contributed by atoms with Gasteiger partial charge in [0.1, 0.15) is 0 Å². The fraction of sp³-hybridized carbons (Fsp3) is 0.538. The van der Waals surface area contributed by atoms with Gasteiger partial charge in [-0.2, -0.15) is 4.98 Å². The average molecular weight is 246 g/mol. The van der Waals surface area contributed by atoms with E-state index in [1.165, 1.54) is 17.0 Å². The van der Waals surface area contributed by atoms with Gasteiger partial charge in [0, 0.05) is 24.4 Å². The van der Waals surface area contributed by atoms with Crippen LogP contribution in [0.5, 0.6) is 0 Å². The van der Waals surface area contributed by atoms with Crippen LogP contribution in [0.1, 0.15) is 47.5 Å². The molecule has 5 heteroatoms. The first-order valence-electron chi connectivity index (χ1n) is 6.39. The maximum Gasteiger partial charge on any atom is 0.223 e. The molecule has 1 aliphatic carbocycles. The molecule has 3 rings (SSSR count). The van der Waals surface area contributed by atoms with Gasteiger partial charge in [-0.05, 0) is 37.8 Å². The van der Waals surface area contributed by atoms with Crippen molar-refractivity contribution in [3.8, 4) is 0 Å². The van der Waals surface area contributed by atoms with Gasteiger partial charge in [-0.3, -0.25) is 0 Å². The van der Waals surface area contributed by atoms with Gasteiger partial charge in [-0.1, -0.05) is 5.16 Å². The maximum atomic E-state index is 6.16. The molecule has 2 heterocycles. The van der Waals surface area contributed by atoms with E-state index in [9.17, 15) is 0 Å². The molecule has 0 bridgehead atoms. The molecule has 1 atom stereocenters. The van der Waals surface area contributed by atoms with Crippen LogP contribution in [-0.2, 0) is 13.0 Å². The monoisotopic (exact) mass is 246 g/mol. The third-order valence-electron chi connectivity index (χ3n) is 3.65. The van der Waals surface area contributed by atoms with Gasteiger partial charge < -0.3 is 14.8 Å². The van der Waals surface area contributed by atoms with E-state index in [2.05, 4.69) is 27.7 Å². The lowest BCUT2D eigenvalue weighted by Gasteiger charge is -2.20. The average Bonchev–Trinajstić information content (AvgIpc) is 2.87. The topological polar surface area (TPSA) is 69.9 Å². The Morgan fingerprint density at radius 1 is 1.50 bits per heavy atom. The van der Waals surface area contributed by atoms with E-state index < -0.39 is 0 Å². The lowest BCUT2D eigenvalue weighted by atomic mass is 9.93. The predicted octanol–water partition coefficient (Wildman–Crippen LogP) is 1.87. The summed E-state index contributed by atoms with van der Waals surface area (Å²) in [7, 11) is 0. The van der Waals surface area contributed by atoms with Crippen molar-refractivity contribution in [2.45, 2.75) is 45.7 Å². The normalized spacial score (nSPS) is 18.9. The van der Waals surface area contributed by atoms with E-state index in [1.807, 2.05) is 6.92 Å². The van der Waals surface area contributed by atoms with Crippen molar-refractivity contribution >= 4 is 0 Å². The summed E-state index contributed by atoms with van der Waals surface area (Å²) < 4.78 is 7.28. The molecule has 1 unspecified atom stereocenters. The van der Waals surface area contributed by atoms with Gasteiger partial charge in [-0.25, -0.2) is 0 Å². The first kappa shape index (κ1) is 11.5. The van der Waals surface area contributed by atoms with Crippen LogP contribution in [0.25, 0.3) is 0 Å². The smallest absolute Gasteiger partial charge is 0.223 e. The summed E-state index contributed by atoms with van der Waals surface area (Å²) in [4.78, 5) is 4.26. The fourth-order valence-corrected chi connectivity index (χ4v) is 2.77. The summed E-state index contributed by atoms with van der Waals surface area (Å²) in [6.45, 7) is 4.59. The van der Waals surface area contributed by atoms with Crippen LogP contribution in [0.4, 0.5) is 0 Å². The number of fused-ring (bicyclic) bond motifs is 1. The van der Waals surface area contributed by atoms with Crippen LogP contribution in [0.3, 0.4) is 0 Å². The number of hydrogen-bond acceptors (Lipinski definition) is 4. The van der Waals surface area contributed by atoms with E-state index in [-0.39, 0.29) is 6.04 Å². The molecule has 0 saturated heterocycles. The summed E-state index contributed by atoms with van der Waals surface area (Å²) in [5, 5.41) is 3.96. The van der Waals surface area contributed by atoms with Crippen molar-refractivity contribution < 1.29 is 4.52 Å². The Morgan fingerprint density at radius 2 is 2.33 bits per heavy atom. The fourth-order valence-electron chi connectivity index (χ4n) is 2.77. The number of nitrogens with zero attached hydrogens (tertiary/aromatic N) is 3. The van der Waals surface area contributed by atoms with Crippen LogP contribution < -0.4 is 5.73 Å². The van der Waals surface area contributed by atoms with Crippen molar-refractivity contribution in [1.82, 2.24) is 14.7 Å². The molecule has 0 spiro atoms. The number of nitrogens with two attached hydrogens (primary N) is 1. The highest BCUT2D eigenvalue weighted by molar-refractivity contribution is 5.33. The molecular formula is C13H18N4O. The summed E-state index contributed by atoms with van der Waals surface area (Å²) in [6, 6.07) is 2.38. The zero-order valence-electron chi connectivity index (χ0n) is 10.8. The van der Waals surface area contributed by atoms with Gasteiger partial charge in [0.2, 0.25) is 5.89 Å². The molecule has 18 heavy (non-hydrogen) atoms. The molecule has 2 aromatic rings. The van der Waals surface area contributed by atoms with Gasteiger partial charge >= 0.3 is 0 Å². The molecule has 2 aromatic heterocycles. The Kier molecular flexibility index (Phi) is 2.70. The molecule has 0 aliphatic heterocycles. The van der Waals surface area contributed by atoms with Crippen molar-refractivity contribution in [3.05, 3.63) is 34.7 Å². The lowest BCUT2D eigenvalue weighted by molar-refractivity contribution is 0.385. The molecule has 0 amide bonds. The summed E-state index contributed by atoms with van der Waals surface area (Å²) in [5.41, 5.74) is 10.0. The Labute approximate surface area is 106 Å². The molecule has 2 N–H and O–H groups in total. The van der Waals surface area contributed by atoms with Crippen molar-refractivity contribution in [2.24, 2.45) is 5.73 Å². The first-order valence-corrected chi connectivity index (χ1v) is 6.39. The maximum absolute atomic E-state index is 6.16. The van der Waals surface area contributed by atoms with Gasteiger partial charge in [0.05, 0.1) is 6.54 Å². The Hall–Kier alpha value is -1.62. The standard InChI is InChI=1S/C13H18N4O/c1-8-6-10-11(14)4-3-5-12(10)17(8)7-13-15-9(2)18-16-13/h6,11H,3-5,7,14H2,1-2H3. The summed E-state index contributed by atoms with van der Waals surface area (Å²) in [6.07, 6.45) is 3.33. The first-order chi connectivity index (χ1) is 8.65. The molecule has 0 aromatic carbocycles. The molecule has 0 radical (unpaired) electrons. The van der Waals surface area contributed by atoms with E-state index >= 15 is 0 Å². The zero-order chi connectivity index (χ0) is 12.7. The molecule has 1 aliphatic rings. The molecule has 5 nitrogen and oxygen atoms in total. The minimum absolute atomic E-state index is 0.181. The molecule has 0 saturated carbocycles. The molecule has 0 fully saturated rings. The number of aryl methyl sites for hydroxylation is 2. The van der Waals surface area contributed by atoms with Crippen molar-refractivity contribution in [3.63, 3.8) is 0 Å². The van der Waals surface area contributed by atoms with E-state index in [4.69, 9.17) is 10.3 Å². The van der Waals surface area contributed by atoms with Crippen LogP contribution >= 0.6 is 0 Å². The number of aromatic nitrogens is 3. The van der Waals surface area contributed by atoms with Crippen LogP contribution in [0.2, 0.25) is 0 Å². The van der Waals surface area contributed by atoms with Crippen LogP contribution in [0, 0.1) is 13.8 Å². The minimum Gasteiger partial charge on any atom is -0.341 e. The second-order valence-corrected chi connectivity index (χ2v) is 5.00. The molecule has 96 valence electrons. The summed E-state index contributed by atoms with van der Waals surface area (Å²) in [5.74, 6) is 1.34. The third-order valence-corrected chi connectivity index (χ3v) is 3.65. The van der Waals surface area contributed by atoms with Crippen LogP contribution in [-0.4, -0.2) is 14.7 Å². The predicted molar refractivity (Wildman–Crippen MR) is 67.2 cm³/mol. The van der Waals surface area contributed by atoms with E-state index in [0.29, 0.717) is 12.4 Å². The van der Waals surface area contributed by atoms with Gasteiger partial charge in [-0.15, -0.1) is 0 Å². The molecular weight excluding hydrogens is 228 g/mol. The Morgan fingerprint density at radius 3 is 3.06 bits per heavy atom. The van der Waals surface area contributed by atoms with Gasteiger partial charge in [0.25, 0.3) is 0 Å². The Bertz CT molecular complexity index is 570. The number of hydrogen-bond donors (Lipinski definition) is 1. The third kappa shape index (κ3) is 1.84. The minimum atomic E-state index is 0.181.